The number of para-hydroxylation sites is 1. The molecule has 5 nitrogen and oxygen atoms in total. The summed E-state index contributed by atoms with van der Waals surface area (Å²) in [7, 11) is -4.42. The van der Waals surface area contributed by atoms with Crippen molar-refractivity contribution >= 4 is 10.1 Å². The monoisotopic (exact) mass is 420 g/mol. The molecule has 0 bridgehead atoms. The number of hydrogen-bond acceptors (Lipinski definition) is 4. The van der Waals surface area contributed by atoms with Gasteiger partial charge in [-0.2, -0.15) is 8.42 Å². The van der Waals surface area contributed by atoms with E-state index in [-0.39, 0.29) is 22.0 Å². The summed E-state index contributed by atoms with van der Waals surface area (Å²) in [6.45, 7) is 2.20. The van der Waals surface area contributed by atoms with Crippen LogP contribution in [0.4, 0.5) is 0 Å². The minimum absolute atomic E-state index is 0.175. The summed E-state index contributed by atoms with van der Waals surface area (Å²) in [5.74, 6) is 0.481. The molecule has 0 radical (unpaired) electrons. The Bertz CT molecular complexity index is 847. The first-order valence-electron chi connectivity index (χ1n) is 10.5. The van der Waals surface area contributed by atoms with Crippen LogP contribution in [0.25, 0.3) is 0 Å². The van der Waals surface area contributed by atoms with Gasteiger partial charge in [0.05, 0.1) is 0 Å². The fourth-order valence-corrected chi connectivity index (χ4v) is 4.14. The lowest BCUT2D eigenvalue weighted by molar-refractivity contribution is 0.402. The summed E-state index contributed by atoms with van der Waals surface area (Å²) in [4.78, 5) is -0.255. The topological polar surface area (TPSA) is 83.8 Å². The molecule has 0 unspecified atom stereocenters. The van der Waals surface area contributed by atoms with E-state index in [1.165, 1.54) is 44.2 Å². The Morgan fingerprint density at radius 3 is 2.00 bits per heavy atom. The minimum Gasteiger partial charge on any atom is -0.504 e. The maximum absolute atomic E-state index is 11.7. The van der Waals surface area contributed by atoms with Gasteiger partial charge in [0.15, 0.2) is 11.5 Å². The van der Waals surface area contributed by atoms with Crippen molar-refractivity contribution < 1.29 is 22.8 Å². The lowest BCUT2D eigenvalue weighted by Crippen LogP contribution is -2.04. The molecule has 2 aromatic carbocycles. The van der Waals surface area contributed by atoms with Crippen LogP contribution in [-0.2, 0) is 16.5 Å². The Labute approximate surface area is 174 Å². The Morgan fingerprint density at radius 1 is 0.828 bits per heavy atom. The highest BCUT2D eigenvalue weighted by Gasteiger charge is 2.21. The van der Waals surface area contributed by atoms with Crippen LogP contribution in [0.5, 0.6) is 17.2 Å². The second kappa shape index (κ2) is 11.8. The Hall–Kier alpha value is -2.05. The van der Waals surface area contributed by atoms with E-state index in [2.05, 4.69) is 6.92 Å². The van der Waals surface area contributed by atoms with Crippen molar-refractivity contribution in [2.75, 3.05) is 0 Å². The Morgan fingerprint density at radius 2 is 1.41 bits per heavy atom. The normalized spacial score (nSPS) is 11.5. The summed E-state index contributed by atoms with van der Waals surface area (Å²) >= 11 is 0. The zero-order valence-corrected chi connectivity index (χ0v) is 18.0. The Kier molecular flexibility index (Phi) is 9.48. The van der Waals surface area contributed by atoms with Gasteiger partial charge in [-0.05, 0) is 37.1 Å². The van der Waals surface area contributed by atoms with E-state index in [1.807, 2.05) is 18.2 Å². The van der Waals surface area contributed by atoms with Gasteiger partial charge < -0.3 is 9.84 Å². The van der Waals surface area contributed by atoms with Gasteiger partial charge in [0.2, 0.25) is 0 Å². The van der Waals surface area contributed by atoms with Gasteiger partial charge in [0.1, 0.15) is 10.6 Å². The lowest BCUT2D eigenvalue weighted by atomic mass is 10.0. The van der Waals surface area contributed by atoms with E-state index in [0.29, 0.717) is 12.2 Å². The molecule has 0 saturated carbocycles. The quantitative estimate of drug-likeness (QED) is 0.285. The molecule has 160 valence electrons. The van der Waals surface area contributed by atoms with Crippen molar-refractivity contribution in [2.24, 2.45) is 0 Å². The molecule has 0 aromatic heterocycles. The fraction of sp³-hybridized carbons (Fsp3) is 0.478. The third-order valence-corrected chi connectivity index (χ3v) is 5.92. The molecule has 0 aliphatic heterocycles. The highest BCUT2D eigenvalue weighted by molar-refractivity contribution is 7.85. The number of phenols is 1. The number of unbranched alkanes of at least 4 members (excludes halogenated alkanes) is 8. The molecule has 0 heterocycles. The summed E-state index contributed by atoms with van der Waals surface area (Å²) in [5, 5.41) is 10.6. The molecule has 0 fully saturated rings. The summed E-state index contributed by atoms with van der Waals surface area (Å²) < 4.78 is 38.7. The summed E-state index contributed by atoms with van der Waals surface area (Å²) in [5.41, 5.74) is 0.212. The number of ether oxygens (including phenoxy) is 1. The van der Waals surface area contributed by atoms with E-state index in [0.717, 1.165) is 25.7 Å². The van der Waals surface area contributed by atoms with Gasteiger partial charge in [0, 0.05) is 5.56 Å². The molecule has 0 amide bonds. The molecular formula is C23H32O5S. The van der Waals surface area contributed by atoms with Gasteiger partial charge >= 0.3 is 0 Å². The molecule has 0 aliphatic rings. The maximum Gasteiger partial charge on any atom is 0.294 e. The number of phenolic OH excluding ortho intramolecular Hbond substituents is 1. The van der Waals surface area contributed by atoms with Crippen LogP contribution in [0.2, 0.25) is 0 Å². The molecule has 0 aliphatic carbocycles. The van der Waals surface area contributed by atoms with Gasteiger partial charge in [-0.15, -0.1) is 0 Å². The smallest absolute Gasteiger partial charge is 0.294 e. The van der Waals surface area contributed by atoms with E-state index >= 15 is 0 Å². The van der Waals surface area contributed by atoms with Crippen molar-refractivity contribution in [3.8, 4) is 17.2 Å². The van der Waals surface area contributed by atoms with Crippen LogP contribution >= 0.6 is 0 Å². The van der Waals surface area contributed by atoms with Crippen molar-refractivity contribution in [3.05, 3.63) is 48.0 Å². The number of hydrogen-bond donors (Lipinski definition) is 2. The van der Waals surface area contributed by atoms with Gasteiger partial charge in [-0.3, -0.25) is 4.55 Å². The second-order valence-corrected chi connectivity index (χ2v) is 8.75. The molecule has 2 N–H and O–H groups in total. The minimum atomic E-state index is -4.42. The van der Waals surface area contributed by atoms with Crippen molar-refractivity contribution in [3.63, 3.8) is 0 Å². The molecule has 6 heteroatoms. The molecule has 2 rings (SSSR count). The fourth-order valence-electron chi connectivity index (χ4n) is 3.39. The van der Waals surface area contributed by atoms with E-state index in [1.54, 1.807) is 12.1 Å². The second-order valence-electron chi connectivity index (χ2n) is 7.36. The van der Waals surface area contributed by atoms with E-state index in [4.69, 9.17) is 4.74 Å². The number of rotatable bonds is 13. The predicted octanol–water partition coefficient (Wildman–Crippen LogP) is 6.50. The van der Waals surface area contributed by atoms with Gasteiger partial charge in [0.25, 0.3) is 10.1 Å². The first-order valence-corrected chi connectivity index (χ1v) is 11.9. The van der Waals surface area contributed by atoms with Gasteiger partial charge in [-0.1, -0.05) is 76.5 Å². The maximum atomic E-state index is 11.7. The highest BCUT2D eigenvalue weighted by atomic mass is 32.2. The average Bonchev–Trinajstić information content (AvgIpc) is 2.69. The summed E-state index contributed by atoms with van der Waals surface area (Å²) in [6, 6.07) is 11.6. The molecule has 0 spiro atoms. The van der Waals surface area contributed by atoms with E-state index in [9.17, 15) is 18.1 Å². The molecular weight excluding hydrogens is 388 g/mol. The first-order chi connectivity index (χ1) is 13.9. The lowest BCUT2D eigenvalue weighted by Gasteiger charge is -2.14. The van der Waals surface area contributed by atoms with Crippen molar-refractivity contribution in [1.82, 2.24) is 0 Å². The standard InChI is InChI=1S/C23H32O5S/c1-2-3-4-5-6-7-8-9-13-16-20-22(29(25,26)27)18-17-21(23(20)24)28-19-14-11-10-12-15-19/h10-12,14-15,17-18,24H,2-9,13,16H2,1H3,(H,25,26,27). The average molecular weight is 421 g/mol. The molecule has 2 aromatic rings. The number of benzene rings is 2. The highest BCUT2D eigenvalue weighted by Crippen LogP contribution is 2.38. The van der Waals surface area contributed by atoms with Crippen LogP contribution in [0, 0.1) is 0 Å². The third-order valence-electron chi connectivity index (χ3n) is 4.98. The van der Waals surface area contributed by atoms with E-state index < -0.39 is 10.1 Å². The molecule has 29 heavy (non-hydrogen) atoms. The van der Waals surface area contributed by atoms with Crippen molar-refractivity contribution in [1.29, 1.82) is 0 Å². The van der Waals surface area contributed by atoms with Crippen LogP contribution in [0.1, 0.15) is 70.3 Å². The van der Waals surface area contributed by atoms with Crippen LogP contribution in [0.3, 0.4) is 0 Å². The largest absolute Gasteiger partial charge is 0.504 e. The number of aromatic hydroxyl groups is 1. The molecule has 0 saturated heterocycles. The van der Waals surface area contributed by atoms with Crippen molar-refractivity contribution in [2.45, 2.75) is 76.0 Å². The molecule has 0 atom stereocenters. The zero-order chi connectivity index (χ0) is 21.1. The van der Waals surface area contributed by atoms with Crippen LogP contribution < -0.4 is 4.74 Å². The first kappa shape index (κ1) is 23.2. The Balaban J connectivity index is 1.99. The van der Waals surface area contributed by atoms with Gasteiger partial charge in [-0.25, -0.2) is 0 Å². The SMILES string of the molecule is CCCCCCCCCCCc1c(S(=O)(=O)O)ccc(Oc2ccccc2)c1O. The van der Waals surface area contributed by atoms with Crippen LogP contribution in [-0.4, -0.2) is 18.1 Å². The zero-order valence-electron chi connectivity index (χ0n) is 17.1. The summed E-state index contributed by atoms with van der Waals surface area (Å²) in [6.07, 6.45) is 10.6. The predicted molar refractivity (Wildman–Crippen MR) is 115 cm³/mol. The third kappa shape index (κ3) is 7.71. The van der Waals surface area contributed by atoms with Crippen LogP contribution in [0.15, 0.2) is 47.4 Å².